The maximum absolute atomic E-state index is 14.3. The second-order valence-corrected chi connectivity index (χ2v) is 23.0. The van der Waals surface area contributed by atoms with Crippen LogP contribution >= 0.6 is 0 Å². The van der Waals surface area contributed by atoms with Crippen molar-refractivity contribution in [3.63, 3.8) is 0 Å². The molecule has 2 aromatic heterocycles. The second-order valence-electron chi connectivity index (χ2n) is 21.4. The molecule has 2 saturated carbocycles. The average molecular weight is 976 g/mol. The van der Waals surface area contributed by atoms with E-state index in [1.165, 1.54) is 48.9 Å². The van der Waals surface area contributed by atoms with E-state index in [1.807, 2.05) is 0 Å². The maximum atomic E-state index is 14.3. The summed E-state index contributed by atoms with van der Waals surface area (Å²) in [6.07, 6.45) is 12.4. The number of aliphatic hydroxyl groups excluding tert-OH is 1. The maximum Gasteiger partial charge on any atom is 0.297 e. The predicted molar refractivity (Wildman–Crippen MR) is 268 cm³/mol. The van der Waals surface area contributed by atoms with Crippen LogP contribution < -0.4 is 29.1 Å². The van der Waals surface area contributed by atoms with Gasteiger partial charge in [0.25, 0.3) is 27.5 Å². The van der Waals surface area contributed by atoms with Gasteiger partial charge in [-0.3, -0.25) is 19.8 Å². The Morgan fingerprint density at radius 2 is 1.77 bits per heavy atom. The van der Waals surface area contributed by atoms with Gasteiger partial charge < -0.3 is 34.5 Å². The summed E-state index contributed by atoms with van der Waals surface area (Å²) in [5.41, 5.74) is 4.30. The molecule has 3 aliphatic heterocycles. The lowest BCUT2D eigenvalue weighted by Gasteiger charge is -2.56. The number of piperidine rings is 1. The van der Waals surface area contributed by atoms with Crippen molar-refractivity contribution in [2.75, 3.05) is 49.7 Å². The van der Waals surface area contributed by atoms with Crippen molar-refractivity contribution in [2.45, 2.75) is 121 Å². The van der Waals surface area contributed by atoms with Gasteiger partial charge in [0.15, 0.2) is 17.2 Å². The van der Waals surface area contributed by atoms with Crippen LogP contribution in [0.25, 0.3) is 11.0 Å². The molecule has 1 amide bonds. The van der Waals surface area contributed by atoms with Crippen molar-refractivity contribution in [3.05, 3.63) is 99.7 Å². The number of likely N-dealkylation sites (tertiary alicyclic amines) is 1. The van der Waals surface area contributed by atoms with Crippen LogP contribution in [0.3, 0.4) is 0 Å². The molecular formula is C53H65N7O9S. The topological polar surface area (TPSA) is 201 Å². The Kier molecular flexibility index (Phi) is 13.0. The smallest absolute Gasteiger partial charge is 0.297 e. The monoisotopic (exact) mass is 975 g/mol. The number of fused-ring (bicyclic) bond motifs is 2. The minimum absolute atomic E-state index is 0.0271. The summed E-state index contributed by atoms with van der Waals surface area (Å²) in [5, 5.41) is 26.1. The molecule has 1 spiro atoms. The fraction of sp³-hybridized carbons (Fsp3) is 0.509. The fourth-order valence-corrected chi connectivity index (χ4v) is 12.9. The SMILES string of the molecule is CC(C)c1ccccc1[C@H]1CCCN1C1CC2(CCN(c3ccc(C(=O)NS(=O)(=O)c4cc5c(c([N+](=O)[O-])c4)N[C@@H](C4CCC(C)(C)CC4)CO5)c(Oc4cc5cc[nH]c5nc4OCCO)c3)CC2)C1. The Balaban J connectivity index is 0.886. The molecule has 5 aliphatic rings. The highest BCUT2D eigenvalue weighted by Gasteiger charge is 2.50. The van der Waals surface area contributed by atoms with Crippen LogP contribution in [-0.2, 0) is 10.0 Å². The van der Waals surface area contributed by atoms with Gasteiger partial charge in [-0.1, -0.05) is 52.0 Å². The Labute approximate surface area is 409 Å². The third-order valence-corrected chi connectivity index (χ3v) is 17.3. The number of hydrogen-bond donors (Lipinski definition) is 4. The highest BCUT2D eigenvalue weighted by molar-refractivity contribution is 7.90. The summed E-state index contributed by atoms with van der Waals surface area (Å²) >= 11 is 0. The Hall–Kier alpha value is -5.91. The third-order valence-electron chi connectivity index (χ3n) is 16.0. The van der Waals surface area contributed by atoms with Crippen molar-refractivity contribution in [3.8, 4) is 23.1 Å². The number of H-pyrrole nitrogens is 1. The van der Waals surface area contributed by atoms with Crippen LogP contribution in [0.5, 0.6) is 23.1 Å². The van der Waals surface area contributed by atoms with Gasteiger partial charge in [0.1, 0.15) is 24.6 Å². The normalized spacial score (nSPS) is 21.5. The number of nitrogens with one attached hydrogen (secondary N) is 3. The lowest BCUT2D eigenvalue weighted by molar-refractivity contribution is -0.384. The van der Waals surface area contributed by atoms with E-state index in [-0.39, 0.29) is 77.0 Å². The molecule has 5 heterocycles. The number of aliphatic hydroxyl groups is 1. The average Bonchev–Trinajstić information content (AvgIpc) is 4.02. The summed E-state index contributed by atoms with van der Waals surface area (Å²) in [5.74, 6) is -0.00477. The molecule has 2 atom stereocenters. The Morgan fingerprint density at radius 3 is 2.51 bits per heavy atom. The number of aromatic nitrogens is 2. The summed E-state index contributed by atoms with van der Waals surface area (Å²) in [6, 6.07) is 20.5. The van der Waals surface area contributed by atoms with Crippen LogP contribution in [0.2, 0.25) is 0 Å². The number of pyridine rings is 1. The summed E-state index contributed by atoms with van der Waals surface area (Å²) in [4.78, 5) is 38.3. The van der Waals surface area contributed by atoms with E-state index in [2.05, 4.69) is 81.8 Å². The quantitative estimate of drug-likeness (QED) is 0.0606. The number of benzene rings is 3. The fourth-order valence-electron chi connectivity index (χ4n) is 11.9. The van der Waals surface area contributed by atoms with E-state index < -0.39 is 31.4 Å². The van der Waals surface area contributed by atoms with Crippen molar-refractivity contribution in [2.24, 2.45) is 16.7 Å². The van der Waals surface area contributed by atoms with Crippen LogP contribution in [0.15, 0.2) is 77.8 Å². The number of ether oxygens (including phenoxy) is 3. The molecule has 0 unspecified atom stereocenters. The van der Waals surface area contributed by atoms with Gasteiger partial charge in [-0.25, -0.2) is 13.1 Å². The third kappa shape index (κ3) is 9.51. The van der Waals surface area contributed by atoms with Crippen LogP contribution in [0.1, 0.15) is 125 Å². The molecule has 0 bridgehead atoms. The molecule has 372 valence electrons. The first-order valence-corrected chi connectivity index (χ1v) is 26.5. The Morgan fingerprint density at radius 1 is 1.00 bits per heavy atom. The molecule has 4 N–H and O–H groups in total. The summed E-state index contributed by atoms with van der Waals surface area (Å²) < 4.78 is 48.7. The largest absolute Gasteiger partial charge is 0.489 e. The van der Waals surface area contributed by atoms with E-state index in [4.69, 9.17) is 14.2 Å². The number of nitro benzene ring substituents is 1. The van der Waals surface area contributed by atoms with Crippen LogP contribution in [0.4, 0.5) is 17.1 Å². The van der Waals surface area contributed by atoms with E-state index in [9.17, 15) is 28.4 Å². The zero-order valence-electron chi connectivity index (χ0n) is 40.5. The molecule has 17 heteroatoms. The molecule has 10 rings (SSSR count). The number of carbonyl (C=O) groups excluding carboxylic acids is 1. The van der Waals surface area contributed by atoms with Gasteiger partial charge in [-0.2, -0.15) is 4.98 Å². The summed E-state index contributed by atoms with van der Waals surface area (Å²) in [7, 11) is -4.70. The second kappa shape index (κ2) is 19.0. The zero-order valence-corrected chi connectivity index (χ0v) is 41.4. The highest BCUT2D eigenvalue weighted by Crippen LogP contribution is 2.55. The molecule has 4 fully saturated rings. The minimum Gasteiger partial charge on any atom is -0.489 e. The molecule has 70 heavy (non-hydrogen) atoms. The van der Waals surface area contributed by atoms with Crippen molar-refractivity contribution in [1.82, 2.24) is 19.6 Å². The molecule has 3 aromatic carbocycles. The highest BCUT2D eigenvalue weighted by atomic mass is 32.2. The van der Waals surface area contributed by atoms with E-state index >= 15 is 0 Å². The molecular weight excluding hydrogens is 911 g/mol. The first kappa shape index (κ1) is 47.8. The number of aromatic amines is 1. The molecule has 0 radical (unpaired) electrons. The number of sulfonamides is 1. The standard InChI is InChI=1S/C53H65N7O9S/c1-33(2)39-8-5-6-9-40(39)43-10-7-21-59(43)37-30-53(31-37)18-22-58(23-19-53)36-11-12-41(45(27-36)69-47-26-35-15-20-54-49(35)56-51(47)67-25-24-61)50(62)57-70(65,66)38-28-44(60(63)64)48-46(29-38)68-32-42(55-48)34-13-16-52(3,4)17-14-34/h5-6,8-9,11-12,15,20,26-29,33-34,37,42-43,55,61H,7,10,13-14,16-19,21-25,30-32H2,1-4H3,(H,54,56)(H,57,62)/t42-,43-/m1/s1. The minimum atomic E-state index is -4.70. The van der Waals surface area contributed by atoms with Gasteiger partial charge in [-0.05, 0) is 129 Å². The first-order chi connectivity index (χ1) is 33.6. The van der Waals surface area contributed by atoms with Gasteiger partial charge >= 0.3 is 0 Å². The Bertz CT molecular complexity index is 2880. The number of nitro groups is 1. The molecule has 16 nitrogen and oxygen atoms in total. The van der Waals surface area contributed by atoms with Crippen molar-refractivity contribution in [1.29, 1.82) is 0 Å². The van der Waals surface area contributed by atoms with Gasteiger partial charge in [0.05, 0.1) is 28.0 Å². The van der Waals surface area contributed by atoms with Gasteiger partial charge in [-0.15, -0.1) is 0 Å². The molecule has 2 saturated heterocycles. The van der Waals surface area contributed by atoms with E-state index in [0.29, 0.717) is 29.0 Å². The van der Waals surface area contributed by atoms with E-state index in [0.717, 1.165) is 69.9 Å². The van der Waals surface area contributed by atoms with Crippen LogP contribution in [-0.4, -0.2) is 90.8 Å². The predicted octanol–water partition coefficient (Wildman–Crippen LogP) is 9.85. The van der Waals surface area contributed by atoms with Gasteiger partial charge in [0.2, 0.25) is 0 Å². The van der Waals surface area contributed by atoms with E-state index in [1.54, 1.807) is 30.5 Å². The number of rotatable bonds is 14. The number of nitrogens with zero attached hydrogens (tertiary/aromatic N) is 4. The van der Waals surface area contributed by atoms with Crippen LogP contribution in [0, 0.1) is 26.9 Å². The molecule has 5 aromatic rings. The number of hydrogen-bond acceptors (Lipinski definition) is 13. The lowest BCUT2D eigenvalue weighted by atomic mass is 9.59. The van der Waals surface area contributed by atoms with Gasteiger partial charge in [0, 0.05) is 60.6 Å². The number of anilines is 2. The number of amides is 1. The number of carbonyl (C=O) groups is 1. The lowest BCUT2D eigenvalue weighted by Crippen LogP contribution is -2.54. The summed E-state index contributed by atoms with van der Waals surface area (Å²) in [6.45, 7) is 11.6. The molecule has 2 aliphatic carbocycles. The zero-order chi connectivity index (χ0) is 49.0. The van der Waals surface area contributed by atoms with Crippen molar-refractivity contribution < 1.29 is 37.5 Å². The first-order valence-electron chi connectivity index (χ1n) is 25.0. The van der Waals surface area contributed by atoms with Crippen molar-refractivity contribution >= 4 is 44.0 Å².